The van der Waals surface area contributed by atoms with Gasteiger partial charge in [-0.3, -0.25) is 0 Å². The van der Waals surface area contributed by atoms with Crippen LogP contribution < -0.4 is 5.32 Å². The van der Waals surface area contributed by atoms with Crippen LogP contribution in [0.5, 0.6) is 0 Å². The van der Waals surface area contributed by atoms with Gasteiger partial charge in [0.05, 0.1) is 5.02 Å². The molecule has 0 radical (unpaired) electrons. The molecule has 0 amide bonds. The Morgan fingerprint density at radius 3 is 2.80 bits per heavy atom. The summed E-state index contributed by atoms with van der Waals surface area (Å²) < 4.78 is 15.5. The number of nitrogens with one attached hydrogen (secondary N) is 1. The van der Waals surface area contributed by atoms with E-state index in [1.165, 1.54) is 11.6 Å². The van der Waals surface area contributed by atoms with Crippen LogP contribution in [-0.2, 0) is 6.54 Å². The smallest absolute Gasteiger partial charge is 0.142 e. The maximum atomic E-state index is 13.4. The quantitative estimate of drug-likeness (QED) is 0.836. The standard InChI is InChI=1S/C16H20ClFN2/c1-3-4-16(19-2)13-7-8-20(11-13)10-12-5-6-14(17)15(18)9-12/h5-9,11,16,19H,3-4,10H2,1-2H3. The number of hydrogen-bond donors (Lipinski definition) is 1. The Morgan fingerprint density at radius 1 is 1.35 bits per heavy atom. The van der Waals surface area contributed by atoms with Crippen molar-refractivity contribution in [3.63, 3.8) is 0 Å². The Morgan fingerprint density at radius 2 is 2.15 bits per heavy atom. The van der Waals surface area contributed by atoms with Crippen molar-refractivity contribution < 1.29 is 4.39 Å². The van der Waals surface area contributed by atoms with E-state index >= 15 is 0 Å². The van der Waals surface area contributed by atoms with Gasteiger partial charge in [0.15, 0.2) is 0 Å². The van der Waals surface area contributed by atoms with E-state index in [2.05, 4.69) is 29.1 Å². The second-order valence-corrected chi connectivity index (χ2v) is 5.40. The minimum atomic E-state index is -0.365. The number of hydrogen-bond acceptors (Lipinski definition) is 1. The summed E-state index contributed by atoms with van der Waals surface area (Å²) in [5, 5.41) is 3.49. The van der Waals surface area contributed by atoms with Gasteiger partial charge in [-0.05, 0) is 42.8 Å². The minimum Gasteiger partial charge on any atom is -0.350 e. The molecule has 0 saturated heterocycles. The van der Waals surface area contributed by atoms with Crippen molar-refractivity contribution in [1.82, 2.24) is 9.88 Å². The van der Waals surface area contributed by atoms with Crippen LogP contribution in [0.15, 0.2) is 36.7 Å². The van der Waals surface area contributed by atoms with E-state index in [9.17, 15) is 4.39 Å². The van der Waals surface area contributed by atoms with Gasteiger partial charge < -0.3 is 9.88 Å². The molecule has 0 saturated carbocycles. The average molecular weight is 295 g/mol. The molecule has 1 unspecified atom stereocenters. The third-order valence-electron chi connectivity index (χ3n) is 3.45. The summed E-state index contributed by atoms with van der Waals surface area (Å²) in [7, 11) is 1.98. The lowest BCUT2D eigenvalue weighted by atomic mass is 10.1. The van der Waals surface area contributed by atoms with Gasteiger partial charge in [0.1, 0.15) is 5.82 Å². The summed E-state index contributed by atoms with van der Waals surface area (Å²) in [5.74, 6) is -0.365. The SMILES string of the molecule is CCCC(NC)c1ccn(Cc2ccc(Cl)c(F)c2)c1. The predicted octanol–water partition coefficient (Wildman–Crippen LogP) is 4.39. The van der Waals surface area contributed by atoms with E-state index in [-0.39, 0.29) is 10.8 Å². The Balaban J connectivity index is 2.10. The van der Waals surface area contributed by atoms with E-state index in [0.29, 0.717) is 12.6 Å². The van der Waals surface area contributed by atoms with Crippen LogP contribution in [0.3, 0.4) is 0 Å². The molecule has 20 heavy (non-hydrogen) atoms. The first-order chi connectivity index (χ1) is 9.63. The first-order valence-electron chi connectivity index (χ1n) is 6.91. The summed E-state index contributed by atoms with van der Waals surface area (Å²) in [5.41, 5.74) is 2.18. The Hall–Kier alpha value is -1.32. The fourth-order valence-electron chi connectivity index (χ4n) is 2.38. The zero-order valence-corrected chi connectivity index (χ0v) is 12.6. The molecule has 0 aliphatic rings. The van der Waals surface area contributed by atoms with E-state index in [0.717, 1.165) is 18.4 Å². The molecule has 1 aromatic carbocycles. The molecule has 108 valence electrons. The zero-order chi connectivity index (χ0) is 14.5. The first-order valence-corrected chi connectivity index (χ1v) is 7.28. The Kier molecular flexibility index (Phi) is 5.21. The molecular formula is C16H20ClFN2. The van der Waals surface area contributed by atoms with Gasteiger partial charge in [0.25, 0.3) is 0 Å². The van der Waals surface area contributed by atoms with Gasteiger partial charge in [-0.15, -0.1) is 0 Å². The van der Waals surface area contributed by atoms with E-state index < -0.39 is 0 Å². The maximum absolute atomic E-state index is 13.4. The second kappa shape index (κ2) is 6.91. The van der Waals surface area contributed by atoms with Gasteiger partial charge >= 0.3 is 0 Å². The molecule has 0 spiro atoms. The van der Waals surface area contributed by atoms with Crippen molar-refractivity contribution in [3.05, 3.63) is 58.6 Å². The van der Waals surface area contributed by atoms with Crippen molar-refractivity contribution in [1.29, 1.82) is 0 Å². The van der Waals surface area contributed by atoms with Crippen LogP contribution in [0, 0.1) is 5.82 Å². The van der Waals surface area contributed by atoms with E-state index in [4.69, 9.17) is 11.6 Å². The normalized spacial score (nSPS) is 12.6. The number of aromatic nitrogens is 1. The molecule has 1 atom stereocenters. The summed E-state index contributed by atoms with van der Waals surface area (Å²) in [4.78, 5) is 0. The van der Waals surface area contributed by atoms with Crippen LogP contribution in [-0.4, -0.2) is 11.6 Å². The maximum Gasteiger partial charge on any atom is 0.142 e. The molecule has 0 aliphatic heterocycles. The molecular weight excluding hydrogens is 275 g/mol. The summed E-state index contributed by atoms with van der Waals surface area (Å²) in [6.07, 6.45) is 6.39. The van der Waals surface area contributed by atoms with Crippen molar-refractivity contribution >= 4 is 11.6 Å². The molecule has 0 aliphatic carbocycles. The fraction of sp³-hybridized carbons (Fsp3) is 0.375. The third-order valence-corrected chi connectivity index (χ3v) is 3.76. The van der Waals surface area contributed by atoms with Crippen molar-refractivity contribution in [2.24, 2.45) is 0 Å². The van der Waals surface area contributed by atoms with E-state index in [1.54, 1.807) is 6.07 Å². The van der Waals surface area contributed by atoms with Gasteiger partial charge in [-0.25, -0.2) is 4.39 Å². The summed E-state index contributed by atoms with van der Waals surface area (Å²) in [6, 6.07) is 7.44. The summed E-state index contributed by atoms with van der Waals surface area (Å²) >= 11 is 5.69. The number of benzene rings is 1. The molecule has 2 rings (SSSR count). The molecule has 0 fully saturated rings. The van der Waals surface area contributed by atoms with Crippen molar-refractivity contribution in [2.45, 2.75) is 32.4 Å². The number of nitrogens with zero attached hydrogens (tertiary/aromatic N) is 1. The van der Waals surface area contributed by atoms with Crippen LogP contribution in [0.1, 0.15) is 36.9 Å². The molecule has 2 nitrogen and oxygen atoms in total. The van der Waals surface area contributed by atoms with Crippen LogP contribution in [0.25, 0.3) is 0 Å². The van der Waals surface area contributed by atoms with E-state index in [1.807, 2.05) is 19.3 Å². The Labute approximate surface area is 124 Å². The van der Waals surface area contributed by atoms with Gasteiger partial charge in [-0.2, -0.15) is 0 Å². The average Bonchev–Trinajstić information content (AvgIpc) is 2.88. The highest BCUT2D eigenvalue weighted by Crippen LogP contribution is 2.20. The lowest BCUT2D eigenvalue weighted by molar-refractivity contribution is 0.540. The highest BCUT2D eigenvalue weighted by molar-refractivity contribution is 6.30. The second-order valence-electron chi connectivity index (χ2n) is 5.00. The number of halogens is 2. The number of rotatable bonds is 6. The Bertz CT molecular complexity index is 565. The largest absolute Gasteiger partial charge is 0.350 e. The van der Waals surface area contributed by atoms with Crippen molar-refractivity contribution in [3.8, 4) is 0 Å². The van der Waals surface area contributed by atoms with Gasteiger partial charge in [0, 0.05) is 25.0 Å². The first kappa shape index (κ1) is 15.1. The van der Waals surface area contributed by atoms with Crippen molar-refractivity contribution in [2.75, 3.05) is 7.05 Å². The molecule has 4 heteroatoms. The van der Waals surface area contributed by atoms with Crippen LogP contribution in [0.4, 0.5) is 4.39 Å². The van der Waals surface area contributed by atoms with Crippen LogP contribution >= 0.6 is 11.6 Å². The topological polar surface area (TPSA) is 17.0 Å². The third kappa shape index (κ3) is 3.62. The lowest BCUT2D eigenvalue weighted by Crippen LogP contribution is -2.15. The molecule has 0 bridgehead atoms. The molecule has 1 aromatic heterocycles. The minimum absolute atomic E-state index is 0.167. The zero-order valence-electron chi connectivity index (χ0n) is 11.9. The van der Waals surface area contributed by atoms with Gasteiger partial charge in [0.2, 0.25) is 0 Å². The monoisotopic (exact) mass is 294 g/mol. The highest BCUT2D eigenvalue weighted by Gasteiger charge is 2.09. The molecule has 2 aromatic rings. The van der Waals surface area contributed by atoms with Gasteiger partial charge in [-0.1, -0.05) is 31.0 Å². The molecule has 1 N–H and O–H groups in total. The molecule has 1 heterocycles. The van der Waals surface area contributed by atoms with Crippen LogP contribution in [0.2, 0.25) is 5.02 Å². The lowest BCUT2D eigenvalue weighted by Gasteiger charge is -2.13. The fourth-order valence-corrected chi connectivity index (χ4v) is 2.50. The summed E-state index contributed by atoms with van der Waals surface area (Å²) in [6.45, 7) is 2.83. The highest BCUT2D eigenvalue weighted by atomic mass is 35.5. The predicted molar refractivity (Wildman–Crippen MR) is 81.7 cm³/mol.